The number of hydrogen-bond acceptors (Lipinski definition) is 3. The number of ether oxygens (including phenoxy) is 1. The van der Waals surface area contributed by atoms with Gasteiger partial charge in [0.2, 0.25) is 0 Å². The van der Waals surface area contributed by atoms with Crippen LogP contribution < -0.4 is 0 Å². The number of hydrogen-bond donors (Lipinski definition) is 0. The van der Waals surface area contributed by atoms with Crippen molar-refractivity contribution in [3.05, 3.63) is 12.2 Å². The Hall–Kier alpha value is -0.396. The van der Waals surface area contributed by atoms with Crippen LogP contribution in [0, 0.1) is 11.3 Å². The molecular weight excluding hydrogens is 260 g/mol. The maximum absolute atomic E-state index is 11.9. The first-order valence-corrected chi connectivity index (χ1v) is 8.62. The van der Waals surface area contributed by atoms with E-state index in [-0.39, 0.29) is 11.4 Å². The van der Waals surface area contributed by atoms with Crippen LogP contribution in [-0.2, 0) is 13.6 Å². The van der Waals surface area contributed by atoms with E-state index < -0.39 is 15.0 Å². The van der Waals surface area contributed by atoms with E-state index in [4.69, 9.17) is 8.85 Å². The summed E-state index contributed by atoms with van der Waals surface area (Å²) in [5.74, 6) is 0.122. The Kier molecular flexibility index (Phi) is 6.53. The van der Waals surface area contributed by atoms with Gasteiger partial charge < -0.3 is 8.85 Å². The molecule has 0 aromatic carbocycles. The first-order valence-electron chi connectivity index (χ1n) is 6.52. The molecule has 0 amide bonds. The van der Waals surface area contributed by atoms with Gasteiger partial charge in [-0.25, -0.2) is 4.79 Å². The summed E-state index contributed by atoms with van der Waals surface area (Å²) < 4.78 is 11.4. The molecule has 0 heterocycles. The Morgan fingerprint density at radius 1 is 1.44 bits per heavy atom. The summed E-state index contributed by atoms with van der Waals surface area (Å²) >= 11 is 0. The predicted octanol–water partition coefficient (Wildman–Crippen LogP) is 1.27. The number of esters is 1. The van der Waals surface area contributed by atoms with Crippen LogP contribution in [0.3, 0.4) is 0 Å². The van der Waals surface area contributed by atoms with Crippen molar-refractivity contribution in [3.63, 3.8) is 0 Å². The minimum absolute atomic E-state index is 0.0938. The predicted molar refractivity (Wildman–Crippen MR) is 82.1 cm³/mol. The van der Waals surface area contributed by atoms with Crippen molar-refractivity contribution >= 4 is 26.2 Å². The lowest BCUT2D eigenvalue weighted by molar-refractivity contribution is -0.160. The highest BCUT2D eigenvalue weighted by molar-refractivity contribution is 6.38. The molecule has 0 saturated carbocycles. The van der Waals surface area contributed by atoms with Gasteiger partial charge in [-0.2, -0.15) is 0 Å². The maximum atomic E-state index is 11.9. The molecule has 106 valence electrons. The first-order chi connectivity index (χ1) is 8.14. The van der Waals surface area contributed by atoms with Crippen molar-refractivity contribution < 1.29 is 13.6 Å². The Bertz CT molecular complexity index is 313. The second kappa shape index (κ2) is 6.68. The smallest absolute Gasteiger partial charge is 0.333 e. The van der Waals surface area contributed by atoms with E-state index in [1.807, 2.05) is 0 Å². The molecule has 1 unspecified atom stereocenters. The second-order valence-corrected chi connectivity index (χ2v) is 9.57. The molecule has 0 aliphatic heterocycles. The van der Waals surface area contributed by atoms with Crippen LogP contribution in [0.2, 0.25) is 0 Å². The molecule has 0 fully saturated rings. The van der Waals surface area contributed by atoms with Crippen LogP contribution in [-0.4, -0.2) is 31.4 Å². The summed E-state index contributed by atoms with van der Waals surface area (Å²) in [7, 11) is -0.217. The van der Waals surface area contributed by atoms with Crippen LogP contribution >= 0.6 is 0 Å². The summed E-state index contributed by atoms with van der Waals surface area (Å²) in [5, 5.41) is -0.445. The van der Waals surface area contributed by atoms with E-state index in [2.05, 4.69) is 41.2 Å². The fourth-order valence-corrected chi connectivity index (χ4v) is 5.04. The summed E-state index contributed by atoms with van der Waals surface area (Å²) in [6, 6.07) is 0. The number of carbonyl (C=O) groups excluding carboxylic acids is 1. The highest BCUT2D eigenvalue weighted by Gasteiger charge is 2.49. The van der Waals surface area contributed by atoms with Crippen LogP contribution in [0.4, 0.5) is 0 Å². The Labute approximate surface area is 117 Å². The van der Waals surface area contributed by atoms with E-state index in [1.165, 1.54) is 0 Å². The van der Waals surface area contributed by atoms with Gasteiger partial charge in [0, 0.05) is 11.0 Å². The third kappa shape index (κ3) is 3.55. The van der Waals surface area contributed by atoms with Gasteiger partial charge in [-0.15, -0.1) is 0 Å². The average molecular weight is 289 g/mol. The van der Waals surface area contributed by atoms with Gasteiger partial charge in [0.05, 0.1) is 0 Å². The molecule has 1 atom stereocenters. The zero-order valence-electron chi connectivity index (χ0n) is 12.9. The van der Waals surface area contributed by atoms with Crippen LogP contribution in [0.15, 0.2) is 12.2 Å². The summed E-state index contributed by atoms with van der Waals surface area (Å²) in [6.07, 6.45) is 0.797. The van der Waals surface area contributed by atoms with E-state index in [1.54, 1.807) is 6.92 Å². The zero-order chi connectivity index (χ0) is 14.6. The Balaban J connectivity index is 5.41. The quantitative estimate of drug-likeness (QED) is 0.402. The summed E-state index contributed by atoms with van der Waals surface area (Å²) in [6.45, 7) is 16.1. The zero-order valence-corrected chi connectivity index (χ0v) is 16.3. The van der Waals surface area contributed by atoms with Crippen molar-refractivity contribution in [2.45, 2.75) is 53.2 Å². The monoisotopic (exact) mass is 288 g/mol. The molecule has 18 heavy (non-hydrogen) atoms. The van der Waals surface area contributed by atoms with E-state index in [0.717, 1.165) is 6.42 Å². The molecule has 5 heteroatoms. The molecule has 0 saturated heterocycles. The van der Waals surface area contributed by atoms with Crippen LogP contribution in [0.1, 0.15) is 48.0 Å². The molecular formula is C13H28O3Si2. The standard InChI is InChI=1S/C13H28O3Si2/c1-8-13(18-16-17,12(6,7)10(4)5)15-11(14)9(2)3/h10H,2,8,18H2,1,3-7,17H3. The molecule has 0 rings (SSSR count). The van der Waals surface area contributed by atoms with Gasteiger partial charge in [-0.1, -0.05) is 41.2 Å². The van der Waals surface area contributed by atoms with Crippen molar-refractivity contribution in [1.82, 2.24) is 0 Å². The van der Waals surface area contributed by atoms with Gasteiger partial charge in [-0.05, 0) is 19.3 Å². The molecule has 0 aromatic heterocycles. The summed E-state index contributed by atoms with van der Waals surface area (Å²) in [4.78, 5) is 11.9. The van der Waals surface area contributed by atoms with Crippen molar-refractivity contribution in [3.8, 4) is 0 Å². The van der Waals surface area contributed by atoms with Crippen molar-refractivity contribution in [2.75, 3.05) is 0 Å². The van der Waals surface area contributed by atoms with Gasteiger partial charge in [0.15, 0.2) is 9.76 Å². The van der Waals surface area contributed by atoms with Crippen LogP contribution in [0.5, 0.6) is 0 Å². The van der Waals surface area contributed by atoms with Crippen LogP contribution in [0.25, 0.3) is 0 Å². The van der Waals surface area contributed by atoms with Gasteiger partial charge >= 0.3 is 5.97 Å². The Morgan fingerprint density at radius 3 is 2.22 bits per heavy atom. The molecule has 3 nitrogen and oxygen atoms in total. The molecule has 0 aliphatic carbocycles. The minimum Gasteiger partial charge on any atom is -0.465 e. The Morgan fingerprint density at radius 2 is 1.94 bits per heavy atom. The molecule has 0 N–H and O–H groups in total. The number of carbonyl (C=O) groups is 1. The van der Waals surface area contributed by atoms with E-state index >= 15 is 0 Å². The molecule has 0 aromatic rings. The van der Waals surface area contributed by atoms with E-state index in [0.29, 0.717) is 22.0 Å². The summed E-state index contributed by atoms with van der Waals surface area (Å²) in [5.41, 5.74) is 0.360. The maximum Gasteiger partial charge on any atom is 0.333 e. The average Bonchev–Trinajstić information content (AvgIpc) is 2.27. The second-order valence-electron chi connectivity index (χ2n) is 5.83. The van der Waals surface area contributed by atoms with Crippen molar-refractivity contribution in [2.24, 2.45) is 11.3 Å². The van der Waals surface area contributed by atoms with Gasteiger partial charge in [0.25, 0.3) is 0 Å². The van der Waals surface area contributed by atoms with Crippen molar-refractivity contribution in [1.29, 1.82) is 0 Å². The molecule has 0 aliphatic rings. The lowest BCUT2D eigenvalue weighted by Gasteiger charge is -2.47. The normalized spacial score (nSPS) is 16.2. The van der Waals surface area contributed by atoms with E-state index in [9.17, 15) is 4.79 Å². The fourth-order valence-electron chi connectivity index (χ4n) is 2.00. The topological polar surface area (TPSA) is 35.5 Å². The fraction of sp³-hybridized carbons (Fsp3) is 0.769. The first kappa shape index (κ1) is 17.6. The SMILES string of the molecule is C=C(C)C(=O)OC(CC)([SiH2]O[SiH3])C(C)(C)C(C)C. The molecule has 0 spiro atoms. The van der Waals surface area contributed by atoms with Gasteiger partial charge in [-0.3, -0.25) is 0 Å². The lowest BCUT2D eigenvalue weighted by atomic mass is 9.74. The lowest BCUT2D eigenvalue weighted by Crippen LogP contribution is -2.55. The highest BCUT2D eigenvalue weighted by atomic mass is 28.3. The third-order valence-corrected chi connectivity index (χ3v) is 7.38. The third-order valence-electron chi connectivity index (χ3n) is 4.20. The number of rotatable bonds is 7. The molecule has 0 bridgehead atoms. The highest BCUT2D eigenvalue weighted by Crippen LogP contribution is 2.42. The molecule has 0 radical (unpaired) electrons. The minimum atomic E-state index is -0.915. The van der Waals surface area contributed by atoms with Gasteiger partial charge in [0.1, 0.15) is 15.7 Å². The largest absolute Gasteiger partial charge is 0.465 e.